The van der Waals surface area contributed by atoms with E-state index < -0.39 is 30.6 Å². The van der Waals surface area contributed by atoms with Gasteiger partial charge in [0.05, 0.1) is 15.9 Å². The second-order valence-electron chi connectivity index (χ2n) is 2.86. The Hall–Kier alpha value is -1.43. The number of hydrogen-bond donors (Lipinski definition) is 1. The molecule has 0 heterocycles. The van der Waals surface area contributed by atoms with Crippen LogP contribution < -0.4 is 0 Å². The van der Waals surface area contributed by atoms with Gasteiger partial charge in [0.25, 0.3) is 10.1 Å². The van der Waals surface area contributed by atoms with E-state index in [0.29, 0.717) is 0 Å². The third-order valence-electron chi connectivity index (χ3n) is 1.74. The smallest absolute Gasteiger partial charge is 0.282 e. The first-order chi connectivity index (χ1) is 7.27. The fraction of sp³-hybridized carbons (Fsp3) is 0.125. The maximum absolute atomic E-state index is 11.4. The van der Waals surface area contributed by atoms with E-state index in [0.717, 1.165) is 24.3 Å². The maximum atomic E-state index is 11.4. The lowest BCUT2D eigenvalue weighted by Gasteiger charge is -2.00. The maximum Gasteiger partial charge on any atom is 0.294 e. The molecule has 1 aromatic rings. The monoisotopic (exact) mass is 261 g/mol. The second-order valence-corrected chi connectivity index (χ2v) is 6.27. The van der Waals surface area contributed by atoms with E-state index in [9.17, 15) is 16.8 Å². The van der Waals surface area contributed by atoms with Gasteiger partial charge in [0.2, 0.25) is 0 Å². The normalized spacial score (nSPS) is 12.0. The molecule has 0 bridgehead atoms. The number of sulfone groups is 1. The standard InChI is InChI=1S/C8H7NO5S2/c9-5-6-15(10,11)7-1-3-8(4-2-7)16(12,13)14/h1-4H,6H2,(H,12,13,14). The summed E-state index contributed by atoms with van der Waals surface area (Å²) < 4.78 is 52.7. The predicted molar refractivity (Wildman–Crippen MR) is 53.9 cm³/mol. The SMILES string of the molecule is N#CCS(=O)(=O)c1ccc(S(=O)(=O)O)cc1. The number of benzene rings is 1. The van der Waals surface area contributed by atoms with Gasteiger partial charge in [-0.2, -0.15) is 13.7 Å². The molecule has 0 atom stereocenters. The van der Waals surface area contributed by atoms with Crippen molar-refractivity contribution in [2.45, 2.75) is 9.79 Å². The molecule has 6 nitrogen and oxygen atoms in total. The summed E-state index contributed by atoms with van der Waals surface area (Å²) in [6.07, 6.45) is 0. The van der Waals surface area contributed by atoms with E-state index in [1.165, 1.54) is 6.07 Å². The van der Waals surface area contributed by atoms with Crippen LogP contribution in [-0.4, -0.2) is 27.1 Å². The molecular weight excluding hydrogens is 254 g/mol. The summed E-state index contributed by atoms with van der Waals surface area (Å²) in [5, 5.41) is 8.28. The van der Waals surface area contributed by atoms with Crippen LogP contribution in [0.25, 0.3) is 0 Å². The fourth-order valence-corrected chi connectivity index (χ4v) is 2.35. The van der Waals surface area contributed by atoms with Gasteiger partial charge in [-0.1, -0.05) is 0 Å². The van der Waals surface area contributed by atoms with Gasteiger partial charge in [0, 0.05) is 0 Å². The van der Waals surface area contributed by atoms with Gasteiger partial charge in [0.15, 0.2) is 9.84 Å². The molecule has 0 fully saturated rings. The van der Waals surface area contributed by atoms with Crippen molar-refractivity contribution in [1.82, 2.24) is 0 Å². The molecule has 0 saturated carbocycles. The molecule has 16 heavy (non-hydrogen) atoms. The Morgan fingerprint density at radius 2 is 1.50 bits per heavy atom. The molecule has 1 rings (SSSR count). The van der Waals surface area contributed by atoms with Gasteiger partial charge in [-0.3, -0.25) is 4.55 Å². The lowest BCUT2D eigenvalue weighted by molar-refractivity contribution is 0.483. The van der Waals surface area contributed by atoms with Crippen molar-refractivity contribution in [2.24, 2.45) is 0 Å². The Balaban J connectivity index is 3.21. The zero-order valence-electron chi connectivity index (χ0n) is 7.86. The van der Waals surface area contributed by atoms with Crippen LogP contribution in [0.4, 0.5) is 0 Å². The Labute approximate surface area is 92.8 Å². The molecule has 0 radical (unpaired) electrons. The number of hydrogen-bond acceptors (Lipinski definition) is 5. The molecule has 0 aliphatic carbocycles. The molecule has 0 aliphatic rings. The highest BCUT2D eigenvalue weighted by molar-refractivity contribution is 7.91. The van der Waals surface area contributed by atoms with Crippen molar-refractivity contribution in [3.05, 3.63) is 24.3 Å². The van der Waals surface area contributed by atoms with Gasteiger partial charge in [-0.15, -0.1) is 0 Å². The number of nitriles is 1. The minimum absolute atomic E-state index is 0.165. The molecule has 0 saturated heterocycles. The summed E-state index contributed by atoms with van der Waals surface area (Å²) in [5.41, 5.74) is 0. The van der Waals surface area contributed by atoms with Crippen LogP contribution in [0.3, 0.4) is 0 Å². The molecular formula is C8H7NO5S2. The first-order valence-electron chi connectivity index (χ1n) is 3.94. The Morgan fingerprint density at radius 3 is 1.88 bits per heavy atom. The highest BCUT2D eigenvalue weighted by atomic mass is 32.2. The van der Waals surface area contributed by atoms with Crippen molar-refractivity contribution in [1.29, 1.82) is 5.26 Å². The minimum Gasteiger partial charge on any atom is -0.282 e. The van der Waals surface area contributed by atoms with Gasteiger partial charge in [-0.05, 0) is 24.3 Å². The lowest BCUT2D eigenvalue weighted by Crippen LogP contribution is -2.05. The van der Waals surface area contributed by atoms with E-state index in [1.54, 1.807) is 0 Å². The van der Waals surface area contributed by atoms with Gasteiger partial charge in [-0.25, -0.2) is 8.42 Å². The molecule has 86 valence electrons. The van der Waals surface area contributed by atoms with Crippen LogP contribution in [0.1, 0.15) is 0 Å². The number of nitrogens with zero attached hydrogens (tertiary/aromatic N) is 1. The molecule has 0 spiro atoms. The van der Waals surface area contributed by atoms with E-state index in [-0.39, 0.29) is 4.90 Å². The van der Waals surface area contributed by atoms with Crippen LogP contribution >= 0.6 is 0 Å². The summed E-state index contributed by atoms with van der Waals surface area (Å²) >= 11 is 0. The molecule has 1 N–H and O–H groups in total. The van der Waals surface area contributed by atoms with Crippen molar-refractivity contribution in [3.8, 4) is 6.07 Å². The highest BCUT2D eigenvalue weighted by Crippen LogP contribution is 2.15. The van der Waals surface area contributed by atoms with E-state index >= 15 is 0 Å². The van der Waals surface area contributed by atoms with Crippen molar-refractivity contribution < 1.29 is 21.4 Å². The van der Waals surface area contributed by atoms with E-state index in [2.05, 4.69) is 0 Å². The zero-order valence-corrected chi connectivity index (χ0v) is 9.49. The average molecular weight is 261 g/mol. The van der Waals surface area contributed by atoms with Crippen LogP contribution in [0.5, 0.6) is 0 Å². The average Bonchev–Trinajstić information content (AvgIpc) is 2.16. The quantitative estimate of drug-likeness (QED) is 0.779. The lowest BCUT2D eigenvalue weighted by atomic mass is 10.4. The van der Waals surface area contributed by atoms with Crippen molar-refractivity contribution in [2.75, 3.05) is 5.75 Å². The molecule has 0 amide bonds. The molecule has 8 heteroatoms. The third-order valence-corrected chi connectivity index (χ3v) is 4.10. The Morgan fingerprint density at radius 1 is 1.06 bits per heavy atom. The largest absolute Gasteiger partial charge is 0.294 e. The highest BCUT2D eigenvalue weighted by Gasteiger charge is 2.15. The van der Waals surface area contributed by atoms with Crippen LogP contribution in [0.2, 0.25) is 0 Å². The van der Waals surface area contributed by atoms with Gasteiger partial charge >= 0.3 is 0 Å². The topological polar surface area (TPSA) is 112 Å². The first kappa shape index (κ1) is 12.6. The second kappa shape index (κ2) is 4.21. The number of rotatable bonds is 3. The summed E-state index contributed by atoms with van der Waals surface area (Å²) in [6, 6.07) is 5.46. The van der Waals surface area contributed by atoms with Crippen molar-refractivity contribution >= 4 is 20.0 Å². The fourth-order valence-electron chi connectivity index (χ4n) is 0.987. The van der Waals surface area contributed by atoms with E-state index in [1.807, 2.05) is 0 Å². The summed E-state index contributed by atoms with van der Waals surface area (Å²) in [6.45, 7) is 0. The van der Waals surface area contributed by atoms with Gasteiger partial charge < -0.3 is 0 Å². The summed E-state index contributed by atoms with van der Waals surface area (Å²) in [7, 11) is -8.05. The molecule has 0 aromatic heterocycles. The minimum atomic E-state index is -4.34. The molecule has 0 unspecified atom stereocenters. The molecule has 1 aromatic carbocycles. The summed E-state index contributed by atoms with van der Waals surface area (Å²) in [4.78, 5) is -0.565. The van der Waals surface area contributed by atoms with E-state index in [4.69, 9.17) is 9.81 Å². The van der Waals surface area contributed by atoms with Crippen molar-refractivity contribution in [3.63, 3.8) is 0 Å². The Kier molecular flexibility index (Phi) is 3.32. The van der Waals surface area contributed by atoms with Crippen LogP contribution in [0.15, 0.2) is 34.1 Å². The first-order valence-corrected chi connectivity index (χ1v) is 7.04. The van der Waals surface area contributed by atoms with Gasteiger partial charge in [0.1, 0.15) is 5.75 Å². The third kappa shape index (κ3) is 2.79. The Bertz CT molecular complexity index is 622. The van der Waals surface area contributed by atoms with Crippen LogP contribution in [0, 0.1) is 11.3 Å². The van der Waals surface area contributed by atoms with Crippen LogP contribution in [-0.2, 0) is 20.0 Å². The predicted octanol–water partition coefficient (Wildman–Crippen LogP) is 0.231. The summed E-state index contributed by atoms with van der Waals surface area (Å²) in [5.74, 6) is -0.682. The zero-order chi connectivity index (χ0) is 12.4. The molecule has 0 aliphatic heterocycles.